The molecular weight excluding hydrogens is 248 g/mol. The minimum atomic E-state index is -0.441. The highest BCUT2D eigenvalue weighted by Gasteiger charge is 2.06. The van der Waals surface area contributed by atoms with Crippen molar-refractivity contribution in [1.29, 1.82) is 0 Å². The van der Waals surface area contributed by atoms with Crippen LogP contribution >= 0.6 is 0 Å². The van der Waals surface area contributed by atoms with Gasteiger partial charge in [0.2, 0.25) is 0 Å². The molecule has 5 heteroatoms. The molecule has 0 bridgehead atoms. The lowest BCUT2D eigenvalue weighted by Gasteiger charge is -2.08. The summed E-state index contributed by atoms with van der Waals surface area (Å²) in [5.74, 6) is -0.206. The Kier molecular flexibility index (Phi) is 4.14. The van der Waals surface area contributed by atoms with Crippen LogP contribution in [0, 0.1) is 11.6 Å². The Morgan fingerprint density at radius 2 is 2.11 bits per heavy atom. The molecule has 0 saturated heterocycles. The van der Waals surface area contributed by atoms with Crippen molar-refractivity contribution in [1.82, 2.24) is 9.78 Å². The van der Waals surface area contributed by atoms with E-state index >= 15 is 0 Å². The van der Waals surface area contributed by atoms with Gasteiger partial charge in [-0.1, -0.05) is 6.92 Å². The first-order chi connectivity index (χ1) is 9.10. The number of hydrogen-bond donors (Lipinski definition) is 1. The van der Waals surface area contributed by atoms with Crippen LogP contribution in [-0.4, -0.2) is 9.78 Å². The fourth-order valence-corrected chi connectivity index (χ4v) is 1.73. The predicted octanol–water partition coefficient (Wildman–Crippen LogP) is 3.74. The van der Waals surface area contributed by atoms with Crippen molar-refractivity contribution in [2.45, 2.75) is 32.9 Å². The summed E-state index contributed by atoms with van der Waals surface area (Å²) in [6.45, 7) is 4.37. The summed E-state index contributed by atoms with van der Waals surface area (Å²) in [5.41, 5.74) is 0.290. The summed E-state index contributed by atoms with van der Waals surface area (Å²) in [5, 5.41) is 7.33. The molecule has 1 atom stereocenters. The molecule has 1 heterocycles. The van der Waals surface area contributed by atoms with Crippen molar-refractivity contribution in [3.8, 4) is 0 Å². The molecular formula is C14H17F2N3. The molecule has 0 saturated carbocycles. The largest absolute Gasteiger partial charge is 0.364 e. The molecule has 0 spiro atoms. The van der Waals surface area contributed by atoms with Gasteiger partial charge in [-0.05, 0) is 31.5 Å². The molecule has 0 fully saturated rings. The maximum Gasteiger partial charge on any atom is 0.148 e. The maximum atomic E-state index is 13.4. The molecule has 1 N–H and O–H groups in total. The topological polar surface area (TPSA) is 29.9 Å². The van der Waals surface area contributed by atoms with Crippen molar-refractivity contribution in [2.24, 2.45) is 0 Å². The summed E-state index contributed by atoms with van der Waals surface area (Å²) >= 11 is 0. The van der Waals surface area contributed by atoms with Crippen molar-refractivity contribution in [3.05, 3.63) is 47.7 Å². The first-order valence-corrected chi connectivity index (χ1v) is 6.33. The molecule has 0 radical (unpaired) electrons. The van der Waals surface area contributed by atoms with Crippen LogP contribution in [0.25, 0.3) is 0 Å². The third-order valence-electron chi connectivity index (χ3n) is 3.12. The Hall–Kier alpha value is -1.91. The van der Waals surface area contributed by atoms with Crippen molar-refractivity contribution in [3.63, 3.8) is 0 Å². The summed E-state index contributed by atoms with van der Waals surface area (Å²) in [6.07, 6.45) is 2.86. The lowest BCUT2D eigenvalue weighted by Crippen LogP contribution is -2.07. The van der Waals surface area contributed by atoms with E-state index in [9.17, 15) is 8.78 Å². The van der Waals surface area contributed by atoms with Crippen LogP contribution in [0.1, 0.15) is 31.9 Å². The van der Waals surface area contributed by atoms with E-state index in [0.717, 1.165) is 18.6 Å². The van der Waals surface area contributed by atoms with Crippen molar-refractivity contribution < 1.29 is 8.78 Å². The molecule has 102 valence electrons. The van der Waals surface area contributed by atoms with Crippen molar-refractivity contribution in [2.75, 3.05) is 5.32 Å². The minimum absolute atomic E-state index is 0.209. The van der Waals surface area contributed by atoms with Gasteiger partial charge in [0.25, 0.3) is 0 Å². The molecule has 2 rings (SSSR count). The Morgan fingerprint density at radius 3 is 2.84 bits per heavy atom. The third kappa shape index (κ3) is 3.30. The fourth-order valence-electron chi connectivity index (χ4n) is 1.73. The predicted molar refractivity (Wildman–Crippen MR) is 70.9 cm³/mol. The Bertz CT molecular complexity index is 551. The van der Waals surface area contributed by atoms with Gasteiger partial charge in [-0.3, -0.25) is 4.68 Å². The molecule has 0 aliphatic heterocycles. The number of nitrogens with one attached hydrogen (secondary N) is 1. The number of halogens is 2. The number of nitrogens with zero attached hydrogens (tertiary/aromatic N) is 2. The Balaban J connectivity index is 2.02. The molecule has 0 aliphatic carbocycles. The number of rotatable bonds is 5. The second-order valence-corrected chi connectivity index (χ2v) is 4.53. The Morgan fingerprint density at radius 1 is 1.32 bits per heavy atom. The lowest BCUT2D eigenvalue weighted by atomic mass is 10.2. The van der Waals surface area contributed by atoms with E-state index in [-0.39, 0.29) is 12.1 Å². The highest BCUT2D eigenvalue weighted by atomic mass is 19.1. The van der Waals surface area contributed by atoms with E-state index in [1.807, 2.05) is 16.9 Å². The van der Waals surface area contributed by atoms with Gasteiger partial charge < -0.3 is 5.32 Å². The average Bonchev–Trinajstić information content (AvgIpc) is 2.88. The maximum absolute atomic E-state index is 13.4. The van der Waals surface area contributed by atoms with Crippen LogP contribution in [0.2, 0.25) is 0 Å². The van der Waals surface area contributed by atoms with Crippen LogP contribution in [0.15, 0.2) is 30.5 Å². The zero-order chi connectivity index (χ0) is 13.8. The monoisotopic (exact) mass is 265 g/mol. The van der Waals surface area contributed by atoms with Crippen LogP contribution in [0.3, 0.4) is 0 Å². The highest BCUT2D eigenvalue weighted by molar-refractivity contribution is 5.34. The minimum Gasteiger partial charge on any atom is -0.364 e. The van der Waals surface area contributed by atoms with Gasteiger partial charge in [0.15, 0.2) is 0 Å². The third-order valence-corrected chi connectivity index (χ3v) is 3.12. The van der Waals surface area contributed by atoms with E-state index in [2.05, 4.69) is 24.3 Å². The van der Waals surface area contributed by atoms with Crippen molar-refractivity contribution >= 4 is 5.82 Å². The van der Waals surface area contributed by atoms with Crippen LogP contribution in [0.4, 0.5) is 14.6 Å². The molecule has 1 aromatic carbocycles. The first kappa shape index (κ1) is 13.5. The number of hydrogen-bond acceptors (Lipinski definition) is 2. The lowest BCUT2D eigenvalue weighted by molar-refractivity contribution is 0.479. The highest BCUT2D eigenvalue weighted by Crippen LogP contribution is 2.14. The number of anilines is 1. The molecule has 1 unspecified atom stereocenters. The van der Waals surface area contributed by atoms with Crippen LogP contribution in [-0.2, 0) is 6.54 Å². The smallest absolute Gasteiger partial charge is 0.148 e. The van der Waals surface area contributed by atoms with E-state index in [0.29, 0.717) is 11.9 Å². The molecule has 1 aromatic heterocycles. The fraction of sp³-hybridized carbons (Fsp3) is 0.357. The Labute approximate surface area is 111 Å². The molecule has 3 nitrogen and oxygen atoms in total. The summed E-state index contributed by atoms with van der Waals surface area (Å²) < 4.78 is 28.3. The molecule has 2 aromatic rings. The van der Waals surface area contributed by atoms with Gasteiger partial charge in [0.1, 0.15) is 17.5 Å². The van der Waals surface area contributed by atoms with Gasteiger partial charge in [0.05, 0.1) is 0 Å². The first-order valence-electron chi connectivity index (χ1n) is 6.33. The van der Waals surface area contributed by atoms with Gasteiger partial charge in [-0.15, -0.1) is 0 Å². The number of benzene rings is 1. The number of aromatic nitrogens is 2. The zero-order valence-corrected chi connectivity index (χ0v) is 11.0. The van der Waals surface area contributed by atoms with E-state index in [4.69, 9.17) is 0 Å². The van der Waals surface area contributed by atoms with Crippen LogP contribution < -0.4 is 5.32 Å². The zero-order valence-electron chi connectivity index (χ0n) is 11.0. The normalized spacial score (nSPS) is 12.4. The van der Waals surface area contributed by atoms with Crippen LogP contribution in [0.5, 0.6) is 0 Å². The van der Waals surface area contributed by atoms with E-state index < -0.39 is 11.6 Å². The second-order valence-electron chi connectivity index (χ2n) is 4.53. The van der Waals surface area contributed by atoms with Gasteiger partial charge >= 0.3 is 0 Å². The second kappa shape index (κ2) is 5.82. The quantitative estimate of drug-likeness (QED) is 0.892. The van der Waals surface area contributed by atoms with Gasteiger partial charge in [-0.25, -0.2) is 8.78 Å². The molecule has 0 amide bonds. The standard InChI is InChI=1S/C14H17F2N3/c1-3-10(2)19-7-6-14(18-19)17-9-11-8-12(15)4-5-13(11)16/h4-8,10H,3,9H2,1-2H3,(H,17,18). The summed E-state index contributed by atoms with van der Waals surface area (Å²) in [4.78, 5) is 0. The average molecular weight is 265 g/mol. The van der Waals surface area contributed by atoms with Gasteiger partial charge in [-0.2, -0.15) is 5.10 Å². The molecule has 0 aliphatic rings. The van der Waals surface area contributed by atoms with E-state index in [1.54, 1.807) is 0 Å². The summed E-state index contributed by atoms with van der Waals surface area (Å²) in [7, 11) is 0. The SMILES string of the molecule is CCC(C)n1ccc(NCc2cc(F)ccc2F)n1. The van der Waals surface area contributed by atoms with E-state index in [1.165, 1.54) is 6.07 Å². The van der Waals surface area contributed by atoms with Gasteiger partial charge in [0, 0.05) is 30.4 Å². The summed E-state index contributed by atoms with van der Waals surface area (Å²) in [6, 6.07) is 5.57. The molecule has 19 heavy (non-hydrogen) atoms.